The Balaban J connectivity index is 2.45. The first-order chi connectivity index (χ1) is 11.9. The molecule has 2 nitrogen and oxygen atoms in total. The molecule has 0 saturated carbocycles. The molecule has 0 saturated heterocycles. The smallest absolute Gasteiger partial charge is 0.162 e. The first-order valence-electron chi connectivity index (χ1n) is 10.0. The number of hydrogen-bond acceptors (Lipinski definition) is 2. The number of ether oxygens (including phenoxy) is 1. The average Bonchev–Trinajstić information content (AvgIpc) is 2.51. The summed E-state index contributed by atoms with van der Waals surface area (Å²) in [6.45, 7) is 17.5. The minimum Gasteiger partial charge on any atom is -0.461 e. The second-order valence-corrected chi connectivity index (χ2v) is 9.71. The minimum atomic E-state index is -0.00569. The number of ketones is 1. The molecule has 0 unspecified atom stereocenters. The maximum Gasteiger partial charge on any atom is 0.162 e. The maximum absolute atomic E-state index is 12.7. The lowest BCUT2D eigenvalue weighted by molar-refractivity contribution is -0.116. The molecule has 0 radical (unpaired) electrons. The summed E-state index contributed by atoms with van der Waals surface area (Å²) in [6.07, 6.45) is 4.53. The molecule has 1 aromatic rings. The van der Waals surface area contributed by atoms with E-state index in [2.05, 4.69) is 60.6 Å². The van der Waals surface area contributed by atoms with Crippen molar-refractivity contribution in [2.24, 2.45) is 0 Å². The van der Waals surface area contributed by atoms with E-state index in [1.165, 1.54) is 11.1 Å². The Hall–Kier alpha value is -1.57. The van der Waals surface area contributed by atoms with Crippen LogP contribution >= 0.6 is 0 Å². The summed E-state index contributed by atoms with van der Waals surface area (Å²) in [6, 6.07) is 4.54. The maximum atomic E-state index is 12.7. The molecule has 0 spiro atoms. The van der Waals surface area contributed by atoms with Crippen LogP contribution in [0.3, 0.4) is 0 Å². The lowest BCUT2D eigenvalue weighted by atomic mass is 9.77. The van der Waals surface area contributed by atoms with Gasteiger partial charge in [-0.15, -0.1) is 0 Å². The van der Waals surface area contributed by atoms with Crippen molar-refractivity contribution < 1.29 is 9.53 Å². The average molecular weight is 357 g/mol. The number of carbonyl (C=O) groups is 1. The van der Waals surface area contributed by atoms with Crippen LogP contribution in [0.15, 0.2) is 23.5 Å². The molecule has 0 fully saturated rings. The zero-order chi connectivity index (χ0) is 19.7. The number of benzene rings is 1. The third-order valence-electron chi connectivity index (χ3n) is 5.23. The minimum absolute atomic E-state index is 0.00569. The van der Waals surface area contributed by atoms with Crippen molar-refractivity contribution in [2.45, 2.75) is 98.3 Å². The van der Waals surface area contributed by atoms with Crippen molar-refractivity contribution in [3.63, 3.8) is 0 Å². The largest absolute Gasteiger partial charge is 0.461 e. The van der Waals surface area contributed by atoms with Crippen molar-refractivity contribution in [1.82, 2.24) is 0 Å². The molecule has 144 valence electrons. The lowest BCUT2D eigenvalue weighted by Gasteiger charge is -2.32. The van der Waals surface area contributed by atoms with E-state index in [1.54, 1.807) is 0 Å². The van der Waals surface area contributed by atoms with Gasteiger partial charge in [-0.05, 0) is 35.3 Å². The van der Waals surface area contributed by atoms with E-state index < -0.39 is 0 Å². The fourth-order valence-corrected chi connectivity index (χ4v) is 3.44. The van der Waals surface area contributed by atoms with Crippen LogP contribution in [-0.2, 0) is 22.0 Å². The van der Waals surface area contributed by atoms with E-state index in [4.69, 9.17) is 4.74 Å². The molecular formula is C24H36O2. The molecule has 0 atom stereocenters. The summed E-state index contributed by atoms with van der Waals surface area (Å²) in [7, 11) is 0. The van der Waals surface area contributed by atoms with Gasteiger partial charge in [0.15, 0.2) is 5.78 Å². The first kappa shape index (κ1) is 20.7. The topological polar surface area (TPSA) is 26.3 Å². The molecule has 0 aromatic heterocycles. The normalized spacial score (nSPS) is 14.9. The molecule has 1 aliphatic rings. The molecule has 1 aromatic carbocycles. The summed E-state index contributed by atoms with van der Waals surface area (Å²) >= 11 is 0. The van der Waals surface area contributed by atoms with Gasteiger partial charge in [0.1, 0.15) is 11.5 Å². The van der Waals surface area contributed by atoms with Crippen LogP contribution in [0.1, 0.15) is 97.8 Å². The highest BCUT2D eigenvalue weighted by molar-refractivity contribution is 5.96. The van der Waals surface area contributed by atoms with Gasteiger partial charge >= 0.3 is 0 Å². The molecule has 2 heteroatoms. The molecule has 0 aliphatic carbocycles. The predicted octanol–water partition coefficient (Wildman–Crippen LogP) is 6.64. The van der Waals surface area contributed by atoms with Crippen LogP contribution < -0.4 is 4.74 Å². The van der Waals surface area contributed by atoms with E-state index in [0.29, 0.717) is 12.8 Å². The first-order valence-corrected chi connectivity index (χ1v) is 10.0. The number of hydrogen-bond donors (Lipinski definition) is 0. The highest BCUT2D eigenvalue weighted by Crippen LogP contribution is 2.42. The fourth-order valence-electron chi connectivity index (χ4n) is 3.44. The van der Waals surface area contributed by atoms with Crippen LogP contribution in [0.25, 0.3) is 0 Å². The second kappa shape index (κ2) is 7.58. The number of carbonyl (C=O) groups excluding carboxylic acids is 1. The van der Waals surface area contributed by atoms with E-state index in [-0.39, 0.29) is 16.6 Å². The van der Waals surface area contributed by atoms with Gasteiger partial charge in [-0.1, -0.05) is 73.4 Å². The molecule has 0 bridgehead atoms. The third kappa shape index (κ3) is 4.58. The van der Waals surface area contributed by atoms with Crippen molar-refractivity contribution in [3.8, 4) is 5.75 Å². The quantitative estimate of drug-likeness (QED) is 0.553. The van der Waals surface area contributed by atoms with Crippen LogP contribution in [0, 0.1) is 0 Å². The van der Waals surface area contributed by atoms with Crippen molar-refractivity contribution >= 4 is 5.78 Å². The van der Waals surface area contributed by atoms with Gasteiger partial charge in [-0.2, -0.15) is 0 Å². The van der Waals surface area contributed by atoms with Crippen molar-refractivity contribution in [3.05, 3.63) is 40.2 Å². The number of rotatable bonds is 5. The molecule has 26 heavy (non-hydrogen) atoms. The molecular weight excluding hydrogens is 320 g/mol. The Kier molecular flexibility index (Phi) is 6.05. The number of Topliss-reactive ketones (excluding diaryl/α,β-unsaturated/α-hetero) is 1. The second-order valence-electron chi connectivity index (χ2n) is 9.71. The summed E-state index contributed by atoms with van der Waals surface area (Å²) in [5, 5.41) is 0. The molecule has 1 heterocycles. The van der Waals surface area contributed by atoms with Gasteiger partial charge in [0.05, 0.1) is 0 Å². The Morgan fingerprint density at radius 3 is 2.23 bits per heavy atom. The summed E-state index contributed by atoms with van der Waals surface area (Å²) < 4.78 is 6.26. The summed E-state index contributed by atoms with van der Waals surface area (Å²) in [5.41, 5.74) is 4.62. The van der Waals surface area contributed by atoms with Crippen LogP contribution in [0.4, 0.5) is 0 Å². The van der Waals surface area contributed by atoms with Gasteiger partial charge in [-0.25, -0.2) is 0 Å². The van der Waals surface area contributed by atoms with Gasteiger partial charge in [0.2, 0.25) is 0 Å². The monoisotopic (exact) mass is 356 g/mol. The van der Waals surface area contributed by atoms with E-state index in [0.717, 1.165) is 41.9 Å². The molecule has 1 aliphatic heterocycles. The van der Waals surface area contributed by atoms with Crippen molar-refractivity contribution in [1.29, 1.82) is 0 Å². The Bertz CT molecular complexity index is 709. The Morgan fingerprint density at radius 2 is 1.69 bits per heavy atom. The van der Waals surface area contributed by atoms with Gasteiger partial charge < -0.3 is 4.74 Å². The predicted molar refractivity (Wildman–Crippen MR) is 110 cm³/mol. The zero-order valence-corrected chi connectivity index (χ0v) is 18.0. The van der Waals surface area contributed by atoms with Gasteiger partial charge in [0, 0.05) is 24.0 Å². The van der Waals surface area contributed by atoms with Crippen LogP contribution in [-0.4, -0.2) is 5.78 Å². The highest BCUT2D eigenvalue weighted by atomic mass is 16.5. The molecule has 0 N–H and O–H groups in total. The highest BCUT2D eigenvalue weighted by Gasteiger charge is 2.30. The van der Waals surface area contributed by atoms with Gasteiger partial charge in [-0.3, -0.25) is 4.79 Å². The van der Waals surface area contributed by atoms with E-state index in [9.17, 15) is 4.79 Å². The van der Waals surface area contributed by atoms with Crippen LogP contribution in [0.2, 0.25) is 0 Å². The lowest BCUT2D eigenvalue weighted by Crippen LogP contribution is -2.22. The SMILES string of the molecule is CCCCCC(=O)C1=C(C)Oc2c(cc(C(C)(C)C)cc2C(C)(C)C)C1. The third-order valence-corrected chi connectivity index (χ3v) is 5.23. The summed E-state index contributed by atoms with van der Waals surface area (Å²) in [4.78, 5) is 12.7. The van der Waals surface area contributed by atoms with E-state index in [1.807, 2.05) is 6.92 Å². The standard InChI is InChI=1S/C24H36O2/c1-9-10-11-12-21(25)19-14-17-13-18(23(3,4)5)15-20(24(6,7)8)22(17)26-16(19)2/h13,15H,9-12,14H2,1-8H3. The number of unbranched alkanes of at least 4 members (excludes halogenated alkanes) is 2. The van der Waals surface area contributed by atoms with E-state index >= 15 is 0 Å². The zero-order valence-electron chi connectivity index (χ0n) is 18.0. The number of fused-ring (bicyclic) bond motifs is 1. The Labute approximate surface area is 160 Å². The van der Waals surface area contributed by atoms with Crippen LogP contribution in [0.5, 0.6) is 5.75 Å². The summed E-state index contributed by atoms with van der Waals surface area (Å²) in [5.74, 6) is 2.00. The number of allylic oxidation sites excluding steroid dienone is 2. The van der Waals surface area contributed by atoms with Gasteiger partial charge in [0.25, 0.3) is 0 Å². The molecule has 0 amide bonds. The Morgan fingerprint density at radius 1 is 1.04 bits per heavy atom. The fraction of sp³-hybridized carbons (Fsp3) is 0.625. The molecule has 2 rings (SSSR count). The van der Waals surface area contributed by atoms with Crippen molar-refractivity contribution in [2.75, 3.05) is 0 Å².